The van der Waals surface area contributed by atoms with Crippen LogP contribution in [0.4, 0.5) is 10.8 Å². The van der Waals surface area contributed by atoms with Crippen molar-refractivity contribution in [3.05, 3.63) is 100 Å². The fourth-order valence-electron chi connectivity index (χ4n) is 2.68. The molecule has 0 bridgehead atoms. The molecule has 0 unspecified atom stereocenters. The number of carbonyl (C=O) groups excluding carboxylic acids is 1. The molecule has 0 saturated heterocycles. The maximum atomic E-state index is 12.6. The molecule has 1 amide bonds. The minimum atomic E-state index is -0.331. The standard InChI is InChI=1S/C23H19N5OS/c1-16-8-12-19(13-9-16)25-26-22-27-28(20-14-10-17(2)11-15-20)23(30-22)24-21(29)18-6-4-3-5-7-18/h3-15H,1-2H3. The van der Waals surface area contributed by atoms with E-state index in [1.165, 1.54) is 11.3 Å². The lowest BCUT2D eigenvalue weighted by atomic mass is 10.2. The first-order chi connectivity index (χ1) is 14.6. The van der Waals surface area contributed by atoms with Crippen molar-refractivity contribution in [2.75, 3.05) is 0 Å². The number of hydrogen-bond acceptors (Lipinski definition) is 5. The summed E-state index contributed by atoms with van der Waals surface area (Å²) in [6.07, 6.45) is 0. The first-order valence-corrected chi connectivity index (χ1v) is 10.2. The topological polar surface area (TPSA) is 72.0 Å². The van der Waals surface area contributed by atoms with Crippen molar-refractivity contribution in [2.45, 2.75) is 13.8 Å². The average molecular weight is 414 g/mol. The van der Waals surface area contributed by atoms with Crippen LogP contribution in [0.1, 0.15) is 21.5 Å². The zero-order chi connectivity index (χ0) is 20.9. The molecule has 0 saturated carbocycles. The van der Waals surface area contributed by atoms with Gasteiger partial charge in [0.25, 0.3) is 11.0 Å². The van der Waals surface area contributed by atoms with Gasteiger partial charge >= 0.3 is 0 Å². The van der Waals surface area contributed by atoms with E-state index in [1.54, 1.807) is 16.8 Å². The summed E-state index contributed by atoms with van der Waals surface area (Å²) in [6, 6.07) is 24.5. The second-order valence-electron chi connectivity index (χ2n) is 6.73. The molecule has 1 heterocycles. The predicted octanol–water partition coefficient (Wildman–Crippen LogP) is 5.71. The van der Waals surface area contributed by atoms with Crippen molar-refractivity contribution >= 4 is 28.1 Å². The predicted molar refractivity (Wildman–Crippen MR) is 118 cm³/mol. The van der Waals surface area contributed by atoms with Gasteiger partial charge < -0.3 is 0 Å². The average Bonchev–Trinajstić information content (AvgIpc) is 3.17. The molecule has 0 atom stereocenters. The number of aryl methyl sites for hydroxylation is 2. The Labute approximate surface area is 177 Å². The van der Waals surface area contributed by atoms with E-state index in [1.807, 2.05) is 80.6 Å². The van der Waals surface area contributed by atoms with Crippen molar-refractivity contribution in [3.8, 4) is 5.69 Å². The molecule has 0 N–H and O–H groups in total. The van der Waals surface area contributed by atoms with Crippen LogP contribution in [0.25, 0.3) is 5.69 Å². The van der Waals surface area contributed by atoms with Gasteiger partial charge in [0.05, 0.1) is 11.4 Å². The van der Waals surface area contributed by atoms with Crippen molar-refractivity contribution in [3.63, 3.8) is 0 Å². The Bertz CT molecular complexity index is 1250. The minimum Gasteiger partial charge on any atom is -0.267 e. The Morgan fingerprint density at radius 1 is 0.833 bits per heavy atom. The highest BCUT2D eigenvalue weighted by atomic mass is 32.1. The Morgan fingerprint density at radius 2 is 1.47 bits per heavy atom. The quantitative estimate of drug-likeness (QED) is 0.402. The summed E-state index contributed by atoms with van der Waals surface area (Å²) in [6.45, 7) is 4.03. The van der Waals surface area contributed by atoms with Crippen LogP contribution >= 0.6 is 11.3 Å². The summed E-state index contributed by atoms with van der Waals surface area (Å²) in [4.78, 5) is 17.3. The summed E-state index contributed by atoms with van der Waals surface area (Å²) >= 11 is 1.21. The van der Waals surface area contributed by atoms with Crippen molar-refractivity contribution in [1.82, 2.24) is 9.78 Å². The van der Waals surface area contributed by atoms with E-state index < -0.39 is 0 Å². The van der Waals surface area contributed by atoms with E-state index in [0.29, 0.717) is 15.5 Å². The molecular formula is C23H19N5OS. The molecule has 0 aliphatic carbocycles. The zero-order valence-electron chi connectivity index (χ0n) is 16.6. The molecule has 6 nitrogen and oxygen atoms in total. The van der Waals surface area contributed by atoms with E-state index in [2.05, 4.69) is 20.3 Å². The number of carbonyl (C=O) groups is 1. The van der Waals surface area contributed by atoms with Gasteiger partial charge in [-0.05, 0) is 50.2 Å². The largest absolute Gasteiger partial charge is 0.279 e. The number of azo groups is 1. The monoisotopic (exact) mass is 413 g/mol. The Kier molecular flexibility index (Phi) is 5.72. The number of aromatic nitrogens is 2. The van der Waals surface area contributed by atoms with Gasteiger partial charge in [-0.1, -0.05) is 64.9 Å². The number of hydrogen-bond donors (Lipinski definition) is 0. The third-order valence-corrected chi connectivity index (χ3v) is 5.12. The Balaban J connectivity index is 1.75. The zero-order valence-corrected chi connectivity index (χ0v) is 17.4. The van der Waals surface area contributed by atoms with Crippen LogP contribution in [0.3, 0.4) is 0 Å². The SMILES string of the molecule is Cc1ccc(N=Nc2nn(-c3ccc(C)cc3)c(=NC(=O)c3ccccc3)s2)cc1. The van der Waals surface area contributed by atoms with Crippen molar-refractivity contribution in [2.24, 2.45) is 15.2 Å². The number of rotatable bonds is 4. The van der Waals surface area contributed by atoms with Gasteiger partial charge in [0.2, 0.25) is 4.80 Å². The van der Waals surface area contributed by atoms with E-state index >= 15 is 0 Å². The molecule has 3 aromatic carbocycles. The lowest BCUT2D eigenvalue weighted by Gasteiger charge is -2.01. The third-order valence-electron chi connectivity index (χ3n) is 4.33. The number of amides is 1. The first-order valence-electron chi connectivity index (χ1n) is 9.38. The van der Waals surface area contributed by atoms with Gasteiger partial charge in [-0.25, -0.2) is 4.68 Å². The molecule has 0 aliphatic rings. The second-order valence-corrected chi connectivity index (χ2v) is 7.67. The summed E-state index contributed by atoms with van der Waals surface area (Å²) in [5.74, 6) is -0.331. The maximum Gasteiger partial charge on any atom is 0.279 e. The van der Waals surface area contributed by atoms with Crippen molar-refractivity contribution in [1.29, 1.82) is 0 Å². The number of benzene rings is 3. The van der Waals surface area contributed by atoms with Crippen LogP contribution in [-0.4, -0.2) is 15.7 Å². The summed E-state index contributed by atoms with van der Waals surface area (Å²) in [7, 11) is 0. The highest BCUT2D eigenvalue weighted by molar-refractivity contribution is 7.12. The highest BCUT2D eigenvalue weighted by Gasteiger charge is 2.10. The van der Waals surface area contributed by atoms with Crippen LogP contribution in [0.2, 0.25) is 0 Å². The van der Waals surface area contributed by atoms with Gasteiger partial charge in [0.1, 0.15) is 0 Å². The molecule has 1 aromatic heterocycles. The van der Waals surface area contributed by atoms with E-state index in [9.17, 15) is 4.79 Å². The molecule has 4 aromatic rings. The Hall–Kier alpha value is -3.71. The van der Waals surface area contributed by atoms with Crippen LogP contribution in [0.15, 0.2) is 94.1 Å². The van der Waals surface area contributed by atoms with Crippen LogP contribution in [0.5, 0.6) is 0 Å². The molecule has 0 radical (unpaired) electrons. The normalized spacial score (nSPS) is 11.9. The molecule has 4 rings (SSSR count). The van der Waals surface area contributed by atoms with Gasteiger partial charge in [0, 0.05) is 5.56 Å². The molecular weight excluding hydrogens is 394 g/mol. The molecule has 0 spiro atoms. The van der Waals surface area contributed by atoms with Gasteiger partial charge in [-0.3, -0.25) is 4.79 Å². The fraction of sp³-hybridized carbons (Fsp3) is 0.0870. The summed E-state index contributed by atoms with van der Waals surface area (Å²) in [5, 5.41) is 13.4. The van der Waals surface area contributed by atoms with Crippen molar-refractivity contribution < 1.29 is 4.79 Å². The molecule has 7 heteroatoms. The summed E-state index contributed by atoms with van der Waals surface area (Å²) in [5.41, 5.74) is 4.34. The van der Waals surface area contributed by atoms with Gasteiger partial charge in [-0.2, -0.15) is 4.99 Å². The van der Waals surface area contributed by atoms with Gasteiger partial charge in [0.15, 0.2) is 0 Å². The third kappa shape index (κ3) is 4.64. The van der Waals surface area contributed by atoms with Crippen LogP contribution in [-0.2, 0) is 0 Å². The number of nitrogens with zero attached hydrogens (tertiary/aromatic N) is 5. The fourth-order valence-corrected chi connectivity index (χ4v) is 3.41. The maximum absolute atomic E-state index is 12.6. The Morgan fingerprint density at radius 3 is 2.13 bits per heavy atom. The van der Waals surface area contributed by atoms with E-state index in [4.69, 9.17) is 0 Å². The lowest BCUT2D eigenvalue weighted by Crippen LogP contribution is -2.16. The first kappa shape index (κ1) is 19.6. The highest BCUT2D eigenvalue weighted by Crippen LogP contribution is 2.20. The van der Waals surface area contributed by atoms with Crippen LogP contribution in [0, 0.1) is 13.8 Å². The second kappa shape index (κ2) is 8.75. The van der Waals surface area contributed by atoms with Gasteiger partial charge in [-0.15, -0.1) is 15.3 Å². The molecule has 0 aliphatic heterocycles. The minimum absolute atomic E-state index is 0.331. The molecule has 0 fully saturated rings. The van der Waals surface area contributed by atoms with Crippen LogP contribution < -0.4 is 4.80 Å². The molecule has 148 valence electrons. The smallest absolute Gasteiger partial charge is 0.267 e. The van der Waals surface area contributed by atoms with E-state index in [0.717, 1.165) is 22.5 Å². The van der Waals surface area contributed by atoms with E-state index in [-0.39, 0.29) is 5.91 Å². The summed E-state index contributed by atoms with van der Waals surface area (Å²) < 4.78 is 1.62. The molecule has 30 heavy (non-hydrogen) atoms. The lowest BCUT2D eigenvalue weighted by molar-refractivity contribution is 0.0998.